The number of phenolic OH excluding ortho intramolecular Hbond substituents is 1. The maximum absolute atomic E-state index is 13.9. The summed E-state index contributed by atoms with van der Waals surface area (Å²) < 4.78 is 40.3. The summed E-state index contributed by atoms with van der Waals surface area (Å²) in [6.07, 6.45) is -0.0444. The van der Waals surface area contributed by atoms with Crippen LogP contribution in [0.4, 0.5) is 18.9 Å². The van der Waals surface area contributed by atoms with Gasteiger partial charge in [-0.05, 0) is 30.2 Å². The van der Waals surface area contributed by atoms with Gasteiger partial charge in [-0.25, -0.2) is 13.2 Å². The van der Waals surface area contributed by atoms with Crippen molar-refractivity contribution in [1.29, 1.82) is 0 Å². The van der Waals surface area contributed by atoms with E-state index >= 15 is 0 Å². The van der Waals surface area contributed by atoms with Gasteiger partial charge in [0.15, 0.2) is 11.6 Å². The first-order valence-electron chi connectivity index (χ1n) is 7.30. The summed E-state index contributed by atoms with van der Waals surface area (Å²) >= 11 is 0. The van der Waals surface area contributed by atoms with Crippen molar-refractivity contribution in [2.45, 2.75) is 12.3 Å². The number of primary amides is 1. The molecule has 2 aromatic rings. The lowest BCUT2D eigenvalue weighted by molar-refractivity contribution is -0.132. The van der Waals surface area contributed by atoms with Crippen LogP contribution >= 0.6 is 0 Å². The fourth-order valence-corrected chi connectivity index (χ4v) is 2.88. The molecule has 1 aliphatic carbocycles. The Bertz CT molecular complexity index is 887. The number of anilines is 1. The molecule has 25 heavy (non-hydrogen) atoms. The highest BCUT2D eigenvalue weighted by Crippen LogP contribution is 2.60. The molecule has 2 unspecified atom stereocenters. The van der Waals surface area contributed by atoms with Crippen molar-refractivity contribution in [1.82, 2.24) is 0 Å². The van der Waals surface area contributed by atoms with E-state index in [1.807, 2.05) is 0 Å². The second-order valence-corrected chi connectivity index (χ2v) is 5.88. The van der Waals surface area contributed by atoms with Gasteiger partial charge in [0.2, 0.25) is 11.8 Å². The van der Waals surface area contributed by atoms with Gasteiger partial charge in [0.25, 0.3) is 0 Å². The fraction of sp³-hybridized carbons (Fsp3) is 0.176. The SMILES string of the molecule is NC(=O)C1(C(=O)Nc2ccc(O)c(F)c2)CC1c1ccc(F)cc1F. The zero-order valence-corrected chi connectivity index (χ0v) is 12.7. The van der Waals surface area contributed by atoms with Crippen molar-refractivity contribution in [2.24, 2.45) is 11.1 Å². The second-order valence-electron chi connectivity index (χ2n) is 5.88. The zero-order valence-electron chi connectivity index (χ0n) is 12.7. The maximum atomic E-state index is 13.9. The Kier molecular flexibility index (Phi) is 3.90. The molecule has 1 fully saturated rings. The molecule has 2 amide bonds. The fourth-order valence-electron chi connectivity index (χ4n) is 2.88. The van der Waals surface area contributed by atoms with E-state index in [0.29, 0.717) is 6.07 Å². The summed E-state index contributed by atoms with van der Waals surface area (Å²) in [5.41, 5.74) is 3.65. The molecule has 130 valence electrons. The molecule has 0 saturated heterocycles. The Balaban J connectivity index is 1.88. The number of phenols is 1. The Morgan fingerprint density at radius 1 is 1.12 bits per heavy atom. The van der Waals surface area contributed by atoms with E-state index in [0.717, 1.165) is 24.3 Å². The molecule has 0 aromatic heterocycles. The molecule has 1 saturated carbocycles. The Morgan fingerprint density at radius 2 is 1.84 bits per heavy atom. The average molecular weight is 350 g/mol. The second kappa shape index (κ2) is 5.80. The monoisotopic (exact) mass is 350 g/mol. The van der Waals surface area contributed by atoms with Gasteiger partial charge in [0.1, 0.15) is 17.0 Å². The van der Waals surface area contributed by atoms with Crippen LogP contribution in [0.2, 0.25) is 0 Å². The summed E-state index contributed by atoms with van der Waals surface area (Å²) in [4.78, 5) is 24.4. The van der Waals surface area contributed by atoms with Gasteiger partial charge in [-0.2, -0.15) is 0 Å². The molecule has 8 heteroatoms. The molecule has 4 N–H and O–H groups in total. The van der Waals surface area contributed by atoms with Gasteiger partial charge in [-0.3, -0.25) is 9.59 Å². The Labute approximate surface area is 140 Å². The van der Waals surface area contributed by atoms with Crippen LogP contribution in [0, 0.1) is 22.9 Å². The molecular formula is C17H13F3N2O3. The van der Waals surface area contributed by atoms with E-state index in [1.165, 1.54) is 6.07 Å². The summed E-state index contributed by atoms with van der Waals surface area (Å²) in [7, 11) is 0. The van der Waals surface area contributed by atoms with Crippen molar-refractivity contribution in [3.05, 3.63) is 59.4 Å². The van der Waals surface area contributed by atoms with Gasteiger partial charge in [0.05, 0.1) is 0 Å². The molecular weight excluding hydrogens is 337 g/mol. The lowest BCUT2D eigenvalue weighted by Gasteiger charge is -2.15. The minimum Gasteiger partial charge on any atom is -0.505 e. The van der Waals surface area contributed by atoms with Crippen LogP contribution in [0.1, 0.15) is 17.9 Å². The zero-order chi connectivity index (χ0) is 18.4. The van der Waals surface area contributed by atoms with E-state index in [1.54, 1.807) is 0 Å². The van der Waals surface area contributed by atoms with Crippen LogP contribution in [-0.4, -0.2) is 16.9 Å². The number of hydrogen-bond donors (Lipinski definition) is 3. The topological polar surface area (TPSA) is 92.4 Å². The quantitative estimate of drug-likeness (QED) is 0.584. The minimum atomic E-state index is -1.70. The summed E-state index contributed by atoms with van der Waals surface area (Å²) in [5, 5.41) is 11.5. The van der Waals surface area contributed by atoms with Crippen LogP contribution in [0.3, 0.4) is 0 Å². The molecule has 0 radical (unpaired) electrons. The standard InChI is InChI=1S/C17H13F3N2O3/c18-8-1-3-10(12(19)5-8)11-7-17(11,15(21)24)16(25)22-9-2-4-14(23)13(20)6-9/h1-6,11,23H,7H2,(H2,21,24)(H,22,25). The largest absolute Gasteiger partial charge is 0.505 e. The van der Waals surface area contributed by atoms with Crippen LogP contribution in [0.25, 0.3) is 0 Å². The molecule has 0 heterocycles. The summed E-state index contributed by atoms with van der Waals surface area (Å²) in [6, 6.07) is 5.99. The van der Waals surface area contributed by atoms with Crippen molar-refractivity contribution in [3.63, 3.8) is 0 Å². The average Bonchev–Trinajstić information content (AvgIpc) is 3.28. The third kappa shape index (κ3) is 2.79. The van der Waals surface area contributed by atoms with Crippen LogP contribution in [0.5, 0.6) is 5.75 Å². The predicted molar refractivity (Wildman–Crippen MR) is 82.0 cm³/mol. The van der Waals surface area contributed by atoms with Crippen molar-refractivity contribution in [3.8, 4) is 5.75 Å². The van der Waals surface area contributed by atoms with E-state index in [9.17, 15) is 22.8 Å². The van der Waals surface area contributed by atoms with E-state index < -0.39 is 46.3 Å². The molecule has 2 atom stereocenters. The third-order valence-electron chi connectivity index (χ3n) is 4.35. The molecule has 5 nitrogen and oxygen atoms in total. The normalized spacial score (nSPS) is 21.6. The number of rotatable bonds is 4. The summed E-state index contributed by atoms with van der Waals surface area (Å²) in [5.74, 6) is -5.83. The van der Waals surface area contributed by atoms with Crippen molar-refractivity contribution in [2.75, 3.05) is 5.32 Å². The number of benzene rings is 2. The maximum Gasteiger partial charge on any atom is 0.240 e. The molecule has 3 rings (SSSR count). The number of hydrogen-bond acceptors (Lipinski definition) is 3. The molecule has 0 bridgehead atoms. The van der Waals surface area contributed by atoms with Gasteiger partial charge in [-0.1, -0.05) is 6.07 Å². The molecule has 2 aromatic carbocycles. The van der Waals surface area contributed by atoms with Crippen molar-refractivity contribution >= 4 is 17.5 Å². The minimum absolute atomic E-state index is 0.00570. The Morgan fingerprint density at radius 3 is 2.44 bits per heavy atom. The third-order valence-corrected chi connectivity index (χ3v) is 4.35. The van der Waals surface area contributed by atoms with Gasteiger partial charge >= 0.3 is 0 Å². The smallest absolute Gasteiger partial charge is 0.240 e. The van der Waals surface area contributed by atoms with Crippen LogP contribution in [0.15, 0.2) is 36.4 Å². The number of halogens is 3. The Hall–Kier alpha value is -3.03. The first-order chi connectivity index (χ1) is 11.8. The van der Waals surface area contributed by atoms with Crippen LogP contribution in [-0.2, 0) is 9.59 Å². The van der Waals surface area contributed by atoms with Gasteiger partial charge in [-0.15, -0.1) is 0 Å². The number of carbonyl (C=O) groups is 2. The highest BCUT2D eigenvalue weighted by molar-refractivity contribution is 6.14. The number of amides is 2. The number of nitrogens with one attached hydrogen (secondary N) is 1. The molecule has 0 spiro atoms. The van der Waals surface area contributed by atoms with Crippen molar-refractivity contribution < 1.29 is 27.9 Å². The predicted octanol–water partition coefficient (Wildman–Crippen LogP) is 2.41. The molecule has 1 aliphatic rings. The number of nitrogens with two attached hydrogens (primary N) is 1. The number of carbonyl (C=O) groups excluding carboxylic acids is 2. The van der Waals surface area contributed by atoms with E-state index in [2.05, 4.69) is 5.32 Å². The summed E-state index contributed by atoms with van der Waals surface area (Å²) in [6.45, 7) is 0. The number of aromatic hydroxyl groups is 1. The van der Waals surface area contributed by atoms with Gasteiger partial charge in [0, 0.05) is 23.7 Å². The lowest BCUT2D eigenvalue weighted by Crippen LogP contribution is -2.37. The highest BCUT2D eigenvalue weighted by Gasteiger charge is 2.65. The van der Waals surface area contributed by atoms with E-state index in [-0.39, 0.29) is 17.7 Å². The first-order valence-corrected chi connectivity index (χ1v) is 7.30. The van der Waals surface area contributed by atoms with Crippen LogP contribution < -0.4 is 11.1 Å². The lowest BCUT2D eigenvalue weighted by atomic mass is 9.96. The van der Waals surface area contributed by atoms with Gasteiger partial charge < -0.3 is 16.2 Å². The first kappa shape index (κ1) is 16.8. The highest BCUT2D eigenvalue weighted by atomic mass is 19.1. The van der Waals surface area contributed by atoms with E-state index in [4.69, 9.17) is 10.8 Å². The molecule has 0 aliphatic heterocycles.